The molecule has 0 fully saturated rings. The number of anilines is 1. The van der Waals surface area contributed by atoms with Gasteiger partial charge in [-0.3, -0.25) is 4.72 Å². The summed E-state index contributed by atoms with van der Waals surface area (Å²) >= 11 is 0. The summed E-state index contributed by atoms with van der Waals surface area (Å²) < 4.78 is 45.8. The Morgan fingerprint density at radius 2 is 1.75 bits per heavy atom. The van der Waals surface area contributed by atoms with Crippen LogP contribution in [0.25, 0.3) is 11.6 Å². The van der Waals surface area contributed by atoms with E-state index in [4.69, 9.17) is 4.74 Å². The Kier molecular flexibility index (Phi) is 4.65. The topological polar surface area (TPSA) is 55.4 Å². The lowest BCUT2D eigenvalue weighted by Crippen LogP contribution is -2.09. The summed E-state index contributed by atoms with van der Waals surface area (Å²) in [4.78, 5) is 0. The van der Waals surface area contributed by atoms with Gasteiger partial charge in [0.05, 0.1) is 6.26 Å². The lowest BCUT2D eigenvalue weighted by atomic mass is 9.92. The van der Waals surface area contributed by atoms with Gasteiger partial charge in [0, 0.05) is 16.8 Å². The minimum absolute atomic E-state index is 0.145. The number of sulfonamides is 1. The molecular weight excluding hydrogens is 377 g/mol. The van der Waals surface area contributed by atoms with Crippen molar-refractivity contribution in [2.45, 2.75) is 6.61 Å². The molecule has 3 aromatic carbocycles. The Hall–Kier alpha value is -3.12. The molecule has 0 spiro atoms. The first kappa shape index (κ1) is 18.3. The van der Waals surface area contributed by atoms with Crippen molar-refractivity contribution in [1.82, 2.24) is 0 Å². The maximum atomic E-state index is 14.5. The first-order valence-electron chi connectivity index (χ1n) is 8.70. The fourth-order valence-electron chi connectivity index (χ4n) is 3.30. The number of rotatable bonds is 3. The zero-order chi connectivity index (χ0) is 19.7. The fraction of sp³-hybridized carbons (Fsp3) is 0.0909. The van der Waals surface area contributed by atoms with Crippen molar-refractivity contribution in [3.8, 4) is 5.75 Å². The first-order chi connectivity index (χ1) is 13.4. The third-order valence-corrected chi connectivity index (χ3v) is 5.07. The molecule has 0 aromatic heterocycles. The highest BCUT2D eigenvalue weighted by atomic mass is 32.2. The van der Waals surface area contributed by atoms with Crippen LogP contribution in [-0.2, 0) is 16.6 Å². The summed E-state index contributed by atoms with van der Waals surface area (Å²) in [6, 6.07) is 19.6. The highest BCUT2D eigenvalue weighted by molar-refractivity contribution is 7.92. The Morgan fingerprint density at radius 3 is 2.57 bits per heavy atom. The first-order valence-corrected chi connectivity index (χ1v) is 10.6. The van der Waals surface area contributed by atoms with Crippen LogP contribution in [0.2, 0.25) is 0 Å². The van der Waals surface area contributed by atoms with E-state index in [-0.39, 0.29) is 12.4 Å². The molecule has 0 bridgehead atoms. The Bertz CT molecular complexity index is 1190. The molecule has 28 heavy (non-hydrogen) atoms. The van der Waals surface area contributed by atoms with Gasteiger partial charge in [-0.05, 0) is 47.0 Å². The highest BCUT2D eigenvalue weighted by Crippen LogP contribution is 2.38. The monoisotopic (exact) mass is 395 g/mol. The zero-order valence-corrected chi connectivity index (χ0v) is 16.0. The van der Waals surface area contributed by atoms with Gasteiger partial charge in [-0.1, -0.05) is 42.5 Å². The van der Waals surface area contributed by atoms with Crippen LogP contribution in [0.4, 0.5) is 10.1 Å². The van der Waals surface area contributed by atoms with E-state index in [1.807, 2.05) is 42.5 Å². The molecule has 0 aliphatic carbocycles. The van der Waals surface area contributed by atoms with Gasteiger partial charge in [-0.25, -0.2) is 12.8 Å². The van der Waals surface area contributed by atoms with Crippen LogP contribution in [0.15, 0.2) is 66.7 Å². The van der Waals surface area contributed by atoms with Crippen LogP contribution in [0, 0.1) is 5.82 Å². The van der Waals surface area contributed by atoms with E-state index in [0.29, 0.717) is 17.0 Å². The molecule has 4 nitrogen and oxygen atoms in total. The Balaban J connectivity index is 1.89. The van der Waals surface area contributed by atoms with Crippen molar-refractivity contribution < 1.29 is 17.5 Å². The Morgan fingerprint density at radius 1 is 1.00 bits per heavy atom. The largest absolute Gasteiger partial charge is 0.488 e. The second-order valence-corrected chi connectivity index (χ2v) is 8.36. The average molecular weight is 395 g/mol. The zero-order valence-electron chi connectivity index (χ0n) is 15.1. The SMILES string of the molecule is CS(=O)(=O)Nc1cccc(/C=C2\c3ccccc3OCc3c(F)cccc32)c1. The van der Waals surface area contributed by atoms with Crippen molar-refractivity contribution >= 4 is 27.4 Å². The minimum Gasteiger partial charge on any atom is -0.488 e. The molecule has 1 heterocycles. The van der Waals surface area contributed by atoms with E-state index >= 15 is 0 Å². The number of ether oxygens (including phenoxy) is 1. The minimum atomic E-state index is -3.38. The molecule has 1 N–H and O–H groups in total. The number of hydrogen-bond acceptors (Lipinski definition) is 3. The van der Waals surface area contributed by atoms with E-state index in [1.54, 1.807) is 24.3 Å². The molecule has 0 unspecified atom stereocenters. The van der Waals surface area contributed by atoms with E-state index in [1.165, 1.54) is 6.07 Å². The summed E-state index contributed by atoms with van der Waals surface area (Å²) in [6.07, 6.45) is 3.02. The molecule has 0 atom stereocenters. The summed E-state index contributed by atoms with van der Waals surface area (Å²) in [6.45, 7) is 0.145. The van der Waals surface area contributed by atoms with Crippen LogP contribution in [-0.4, -0.2) is 14.7 Å². The summed E-state index contributed by atoms with van der Waals surface area (Å²) in [5.41, 5.74) is 4.18. The molecule has 0 saturated heterocycles. The van der Waals surface area contributed by atoms with E-state index in [2.05, 4.69) is 4.72 Å². The summed E-state index contributed by atoms with van der Waals surface area (Å²) in [5.74, 6) is 0.360. The van der Waals surface area contributed by atoms with Crippen molar-refractivity contribution in [3.63, 3.8) is 0 Å². The lowest BCUT2D eigenvalue weighted by molar-refractivity contribution is 0.301. The third-order valence-electron chi connectivity index (χ3n) is 4.46. The average Bonchev–Trinajstić information content (AvgIpc) is 2.79. The molecule has 3 aromatic rings. The number of para-hydroxylation sites is 1. The maximum absolute atomic E-state index is 14.5. The highest BCUT2D eigenvalue weighted by Gasteiger charge is 2.21. The smallest absolute Gasteiger partial charge is 0.229 e. The van der Waals surface area contributed by atoms with Crippen molar-refractivity contribution in [3.05, 3.63) is 94.8 Å². The predicted octanol–water partition coefficient (Wildman–Crippen LogP) is 4.68. The van der Waals surface area contributed by atoms with Gasteiger partial charge in [0.15, 0.2) is 0 Å². The van der Waals surface area contributed by atoms with Gasteiger partial charge >= 0.3 is 0 Å². The molecular formula is C22H18FNO3S. The van der Waals surface area contributed by atoms with Gasteiger partial charge in [-0.2, -0.15) is 0 Å². The number of nitrogens with one attached hydrogen (secondary N) is 1. The molecule has 0 amide bonds. The van der Waals surface area contributed by atoms with Gasteiger partial charge in [0.1, 0.15) is 18.2 Å². The van der Waals surface area contributed by atoms with E-state index < -0.39 is 10.0 Å². The van der Waals surface area contributed by atoms with Gasteiger partial charge in [0.2, 0.25) is 10.0 Å². The van der Waals surface area contributed by atoms with Gasteiger partial charge in [-0.15, -0.1) is 0 Å². The summed E-state index contributed by atoms with van der Waals surface area (Å²) in [5, 5.41) is 0. The maximum Gasteiger partial charge on any atom is 0.229 e. The van der Waals surface area contributed by atoms with E-state index in [9.17, 15) is 12.8 Å². The molecule has 0 saturated carbocycles. The molecule has 1 aliphatic heterocycles. The molecule has 6 heteroatoms. The van der Waals surface area contributed by atoms with Crippen LogP contribution >= 0.6 is 0 Å². The van der Waals surface area contributed by atoms with Gasteiger partial charge < -0.3 is 4.74 Å². The second-order valence-electron chi connectivity index (χ2n) is 6.61. The van der Waals surface area contributed by atoms with Crippen molar-refractivity contribution in [2.75, 3.05) is 11.0 Å². The molecule has 1 aliphatic rings. The normalized spacial score (nSPS) is 14.6. The van der Waals surface area contributed by atoms with Crippen LogP contribution in [0.1, 0.15) is 22.3 Å². The standard InChI is InChI=1S/C22H18FNO3S/c1-28(25,26)24-16-7-4-6-15(12-16)13-19-17-9-5-10-21(23)20(17)14-27-22-11-3-2-8-18(19)22/h2-13,24H,14H2,1H3/b19-13-. The number of fused-ring (bicyclic) bond motifs is 2. The Labute approximate surface area is 163 Å². The molecule has 142 valence electrons. The summed E-state index contributed by atoms with van der Waals surface area (Å²) in [7, 11) is -3.38. The number of halogens is 1. The third kappa shape index (κ3) is 3.77. The van der Waals surface area contributed by atoms with Crippen LogP contribution in [0.3, 0.4) is 0 Å². The predicted molar refractivity (Wildman–Crippen MR) is 109 cm³/mol. The number of hydrogen-bond donors (Lipinski definition) is 1. The molecule has 4 rings (SSSR count). The molecule has 0 radical (unpaired) electrons. The van der Waals surface area contributed by atoms with Gasteiger partial charge in [0.25, 0.3) is 0 Å². The second kappa shape index (κ2) is 7.13. The van der Waals surface area contributed by atoms with Crippen molar-refractivity contribution in [1.29, 1.82) is 0 Å². The van der Waals surface area contributed by atoms with Crippen LogP contribution in [0.5, 0.6) is 5.75 Å². The van der Waals surface area contributed by atoms with E-state index in [0.717, 1.165) is 28.5 Å². The fourth-order valence-corrected chi connectivity index (χ4v) is 3.85. The lowest BCUT2D eigenvalue weighted by Gasteiger charge is -2.11. The van der Waals surface area contributed by atoms with Crippen molar-refractivity contribution in [2.24, 2.45) is 0 Å². The quantitative estimate of drug-likeness (QED) is 0.701. The van der Waals surface area contributed by atoms with Crippen LogP contribution < -0.4 is 9.46 Å². The number of benzene rings is 3.